The second kappa shape index (κ2) is 7.74. The first-order valence-corrected chi connectivity index (χ1v) is 8.75. The summed E-state index contributed by atoms with van der Waals surface area (Å²) < 4.78 is 42.0. The molecule has 0 saturated carbocycles. The molecular weight excluding hydrogens is 340 g/mol. The number of benzene rings is 1. The van der Waals surface area contributed by atoms with Gasteiger partial charge >= 0.3 is 0 Å². The topological polar surface area (TPSA) is 55.4 Å². The van der Waals surface area contributed by atoms with Gasteiger partial charge in [-0.1, -0.05) is 17.7 Å². The fourth-order valence-corrected chi connectivity index (χ4v) is 3.64. The second-order valence-electron chi connectivity index (χ2n) is 5.02. The molecule has 1 fully saturated rings. The molecule has 4 nitrogen and oxygen atoms in total. The fourth-order valence-electron chi connectivity index (χ4n) is 2.38. The number of nitrogens with one attached hydrogen (secondary N) is 1. The van der Waals surface area contributed by atoms with Gasteiger partial charge in [-0.3, -0.25) is 0 Å². The van der Waals surface area contributed by atoms with Gasteiger partial charge in [-0.05, 0) is 17.7 Å². The summed E-state index contributed by atoms with van der Waals surface area (Å²) in [6, 6.07) is 4.37. The number of ether oxygens (including phenoxy) is 1. The molecule has 1 aliphatic rings. The van der Waals surface area contributed by atoms with Gasteiger partial charge in [-0.15, -0.1) is 12.4 Å². The second-order valence-corrected chi connectivity index (χ2v) is 7.61. The Labute approximate surface area is 135 Å². The van der Waals surface area contributed by atoms with Crippen molar-refractivity contribution in [3.63, 3.8) is 0 Å². The minimum Gasteiger partial charge on any atom is -0.372 e. The van der Waals surface area contributed by atoms with E-state index in [1.165, 1.54) is 18.4 Å². The molecule has 0 amide bonds. The van der Waals surface area contributed by atoms with Crippen molar-refractivity contribution < 1.29 is 17.5 Å². The Hall–Kier alpha value is -0.400. The van der Waals surface area contributed by atoms with Gasteiger partial charge in [-0.25, -0.2) is 12.8 Å². The summed E-state index contributed by atoms with van der Waals surface area (Å²) in [4.78, 5) is 0. The van der Waals surface area contributed by atoms with Crippen molar-refractivity contribution in [2.75, 3.05) is 31.7 Å². The molecule has 0 spiro atoms. The molecule has 0 aliphatic carbocycles. The van der Waals surface area contributed by atoms with E-state index in [4.69, 9.17) is 16.3 Å². The van der Waals surface area contributed by atoms with E-state index >= 15 is 0 Å². The van der Waals surface area contributed by atoms with Gasteiger partial charge in [0.2, 0.25) is 0 Å². The van der Waals surface area contributed by atoms with Gasteiger partial charge in [0.1, 0.15) is 15.7 Å². The van der Waals surface area contributed by atoms with Crippen LogP contribution < -0.4 is 5.32 Å². The van der Waals surface area contributed by atoms with E-state index in [0.717, 1.165) is 0 Å². The fraction of sp³-hybridized carbons (Fsp3) is 0.538. The molecule has 1 aromatic carbocycles. The van der Waals surface area contributed by atoms with Crippen molar-refractivity contribution in [3.8, 4) is 0 Å². The van der Waals surface area contributed by atoms with E-state index in [9.17, 15) is 12.8 Å². The number of hydrogen-bond acceptors (Lipinski definition) is 4. The van der Waals surface area contributed by atoms with Crippen LogP contribution in [-0.2, 0) is 14.6 Å². The van der Waals surface area contributed by atoms with Crippen LogP contribution in [0.4, 0.5) is 4.39 Å². The molecule has 1 saturated heterocycles. The van der Waals surface area contributed by atoms with Gasteiger partial charge in [0.05, 0.1) is 23.5 Å². The van der Waals surface area contributed by atoms with Crippen molar-refractivity contribution >= 4 is 33.8 Å². The minimum atomic E-state index is -3.13. The lowest BCUT2D eigenvalue weighted by Crippen LogP contribution is -2.30. The number of halogens is 3. The molecule has 2 rings (SSSR count). The van der Waals surface area contributed by atoms with E-state index in [1.807, 2.05) is 0 Å². The van der Waals surface area contributed by atoms with Crippen LogP contribution in [-0.4, -0.2) is 40.1 Å². The summed E-state index contributed by atoms with van der Waals surface area (Å²) in [5.74, 6) is -0.713. The Morgan fingerprint density at radius 1 is 1.48 bits per heavy atom. The third kappa shape index (κ3) is 5.38. The number of sulfone groups is 1. The maximum absolute atomic E-state index is 13.2. The number of rotatable bonds is 3. The Balaban J connectivity index is 0.00000220. The molecule has 2 atom stereocenters. The maximum atomic E-state index is 13.2. The van der Waals surface area contributed by atoms with Crippen LogP contribution in [0.25, 0.3) is 0 Å². The van der Waals surface area contributed by atoms with Crippen LogP contribution >= 0.6 is 24.0 Å². The van der Waals surface area contributed by atoms with Gasteiger partial charge in [0.15, 0.2) is 0 Å². The smallest absolute Gasteiger partial charge is 0.147 e. The molecule has 1 aromatic rings. The van der Waals surface area contributed by atoms with Gasteiger partial charge in [0.25, 0.3) is 0 Å². The summed E-state index contributed by atoms with van der Waals surface area (Å²) in [7, 11) is -3.13. The molecule has 0 radical (unpaired) electrons. The zero-order valence-electron chi connectivity index (χ0n) is 11.5. The lowest BCUT2D eigenvalue weighted by molar-refractivity contribution is 0.0369. The molecule has 1 aliphatic heterocycles. The lowest BCUT2D eigenvalue weighted by atomic mass is 9.97. The predicted molar refractivity (Wildman–Crippen MR) is 83.4 cm³/mol. The molecule has 21 heavy (non-hydrogen) atoms. The quantitative estimate of drug-likeness (QED) is 0.900. The van der Waals surface area contributed by atoms with Crippen LogP contribution in [0, 0.1) is 11.7 Å². The summed E-state index contributed by atoms with van der Waals surface area (Å²) in [5, 5.41) is 3.16. The van der Waals surface area contributed by atoms with E-state index in [1.54, 1.807) is 6.07 Å². The van der Waals surface area contributed by atoms with Crippen molar-refractivity contribution in [2.24, 2.45) is 5.92 Å². The molecule has 0 bridgehead atoms. The predicted octanol–water partition coefficient (Wildman–Crippen LogP) is 2.22. The lowest BCUT2D eigenvalue weighted by Gasteiger charge is -2.24. The summed E-state index contributed by atoms with van der Waals surface area (Å²) in [6.07, 6.45) is 0.796. The van der Waals surface area contributed by atoms with Crippen LogP contribution in [0.1, 0.15) is 11.7 Å². The van der Waals surface area contributed by atoms with Crippen molar-refractivity contribution in [1.82, 2.24) is 5.32 Å². The summed E-state index contributed by atoms with van der Waals surface area (Å²) in [6.45, 7) is 1.67. The summed E-state index contributed by atoms with van der Waals surface area (Å²) >= 11 is 5.79. The Kier molecular flexibility index (Phi) is 6.87. The molecule has 0 aromatic heterocycles. The zero-order valence-corrected chi connectivity index (χ0v) is 13.9. The molecule has 120 valence electrons. The van der Waals surface area contributed by atoms with Gasteiger partial charge < -0.3 is 10.1 Å². The van der Waals surface area contributed by atoms with E-state index in [0.29, 0.717) is 25.3 Å². The van der Waals surface area contributed by atoms with E-state index in [2.05, 4.69) is 5.32 Å². The SMILES string of the molecule is CS(=O)(=O)C[C@@H]1CNCCO[C@H]1c1ccc(F)c(Cl)c1.Cl. The van der Waals surface area contributed by atoms with E-state index in [-0.39, 0.29) is 29.1 Å². The average Bonchev–Trinajstić information content (AvgIpc) is 2.56. The minimum absolute atomic E-state index is 0. The monoisotopic (exact) mass is 357 g/mol. The highest BCUT2D eigenvalue weighted by atomic mass is 35.5. The Morgan fingerprint density at radius 3 is 2.81 bits per heavy atom. The third-order valence-corrected chi connectivity index (χ3v) is 4.52. The van der Waals surface area contributed by atoms with Crippen LogP contribution in [0.3, 0.4) is 0 Å². The third-order valence-electron chi connectivity index (χ3n) is 3.20. The van der Waals surface area contributed by atoms with Crippen molar-refractivity contribution in [3.05, 3.63) is 34.6 Å². The van der Waals surface area contributed by atoms with E-state index < -0.39 is 21.8 Å². The van der Waals surface area contributed by atoms with Crippen LogP contribution in [0.2, 0.25) is 5.02 Å². The Morgan fingerprint density at radius 2 is 2.19 bits per heavy atom. The molecule has 8 heteroatoms. The Bertz CT molecular complexity index is 583. The summed E-state index contributed by atoms with van der Waals surface area (Å²) in [5.41, 5.74) is 0.703. The molecule has 1 heterocycles. The van der Waals surface area contributed by atoms with Crippen molar-refractivity contribution in [1.29, 1.82) is 0 Å². The standard InChI is InChI=1S/C13H17ClFNO3S.ClH/c1-20(17,18)8-10-7-16-4-5-19-13(10)9-2-3-12(15)11(14)6-9;/h2-3,6,10,13,16H,4-5,7-8H2,1H3;1H/t10-,13-;/m0./s1. The van der Waals surface area contributed by atoms with Gasteiger partial charge in [-0.2, -0.15) is 0 Å². The molecule has 0 unspecified atom stereocenters. The first-order valence-electron chi connectivity index (χ1n) is 6.32. The van der Waals surface area contributed by atoms with Crippen LogP contribution in [0.5, 0.6) is 0 Å². The maximum Gasteiger partial charge on any atom is 0.147 e. The largest absolute Gasteiger partial charge is 0.372 e. The molecular formula is C13H18Cl2FNO3S. The first-order chi connectivity index (χ1) is 9.37. The normalized spacial score (nSPS) is 23.2. The van der Waals surface area contributed by atoms with Gasteiger partial charge in [0, 0.05) is 25.3 Å². The first kappa shape index (κ1) is 18.6. The van der Waals surface area contributed by atoms with Crippen molar-refractivity contribution in [2.45, 2.75) is 6.10 Å². The van der Waals surface area contributed by atoms with Crippen LogP contribution in [0.15, 0.2) is 18.2 Å². The highest BCUT2D eigenvalue weighted by molar-refractivity contribution is 7.90. The average molecular weight is 358 g/mol. The number of hydrogen-bond donors (Lipinski definition) is 1. The molecule has 1 N–H and O–H groups in total. The highest BCUT2D eigenvalue weighted by Gasteiger charge is 2.29. The zero-order chi connectivity index (χ0) is 14.8. The highest BCUT2D eigenvalue weighted by Crippen LogP contribution is 2.30.